The summed E-state index contributed by atoms with van der Waals surface area (Å²) < 4.78 is 32.5. The molecule has 1 aromatic carbocycles. The van der Waals surface area contributed by atoms with Crippen molar-refractivity contribution in [3.05, 3.63) is 23.8 Å². The fraction of sp³-hybridized carbons (Fsp3) is 0.588. The lowest BCUT2D eigenvalue weighted by Crippen LogP contribution is -2.35. The van der Waals surface area contributed by atoms with Crippen molar-refractivity contribution in [3.8, 4) is 0 Å². The summed E-state index contributed by atoms with van der Waals surface area (Å²) >= 11 is 0. The van der Waals surface area contributed by atoms with Crippen molar-refractivity contribution in [1.29, 1.82) is 0 Å². The van der Waals surface area contributed by atoms with Crippen molar-refractivity contribution in [3.63, 3.8) is 0 Å². The average molecular weight is 352 g/mol. The molecule has 0 unspecified atom stereocenters. The van der Waals surface area contributed by atoms with Crippen molar-refractivity contribution < 1.29 is 17.9 Å². The fourth-order valence-corrected chi connectivity index (χ4v) is 4.69. The number of amides is 1. The van der Waals surface area contributed by atoms with Gasteiger partial charge in [-0.1, -0.05) is 12.5 Å². The first-order chi connectivity index (χ1) is 11.5. The van der Waals surface area contributed by atoms with Gasteiger partial charge in [0.25, 0.3) is 5.91 Å². The van der Waals surface area contributed by atoms with Gasteiger partial charge in [0.15, 0.2) is 0 Å². The number of anilines is 1. The smallest absolute Gasteiger partial charge is 0.253 e. The van der Waals surface area contributed by atoms with Crippen LogP contribution in [0.5, 0.6) is 0 Å². The Hall–Kier alpha value is -1.44. The first-order valence-electron chi connectivity index (χ1n) is 8.52. The molecule has 1 aromatic rings. The Labute approximate surface area is 143 Å². The lowest BCUT2D eigenvalue weighted by Gasteiger charge is -2.26. The highest BCUT2D eigenvalue weighted by Gasteiger charge is 2.27. The van der Waals surface area contributed by atoms with Gasteiger partial charge in [0.1, 0.15) is 6.10 Å². The van der Waals surface area contributed by atoms with Crippen molar-refractivity contribution >= 4 is 21.6 Å². The molecule has 2 aliphatic rings. The lowest BCUT2D eigenvalue weighted by molar-refractivity contribution is -0.124. The maximum atomic E-state index is 12.8. The number of ether oxygens (including phenoxy) is 1. The maximum absolute atomic E-state index is 12.8. The van der Waals surface area contributed by atoms with Crippen LogP contribution in [0.3, 0.4) is 0 Å². The SMILES string of the molecule is Cc1ccc(S(=O)(=O)N2CCCCC2)cc1NC(=O)[C@H]1CCCO1. The van der Waals surface area contributed by atoms with E-state index in [4.69, 9.17) is 4.74 Å². The van der Waals surface area contributed by atoms with E-state index in [0.29, 0.717) is 31.8 Å². The molecule has 1 N–H and O–H groups in total. The van der Waals surface area contributed by atoms with Crippen LogP contribution in [0.4, 0.5) is 5.69 Å². The molecule has 2 heterocycles. The topological polar surface area (TPSA) is 75.7 Å². The van der Waals surface area contributed by atoms with Crippen molar-refractivity contribution in [2.45, 2.75) is 50.0 Å². The normalized spacial score (nSPS) is 22.5. The number of carbonyl (C=O) groups is 1. The summed E-state index contributed by atoms with van der Waals surface area (Å²) in [5, 5.41) is 2.82. The molecule has 0 aromatic heterocycles. The van der Waals surface area contributed by atoms with Crippen molar-refractivity contribution in [2.75, 3.05) is 25.0 Å². The van der Waals surface area contributed by atoms with Gasteiger partial charge in [-0.3, -0.25) is 4.79 Å². The first kappa shape index (κ1) is 17.4. The molecule has 2 fully saturated rings. The second-order valence-corrected chi connectivity index (χ2v) is 8.37. The number of sulfonamides is 1. The number of rotatable bonds is 4. The Morgan fingerprint density at radius 1 is 1.21 bits per heavy atom. The van der Waals surface area contributed by atoms with Crippen molar-refractivity contribution in [1.82, 2.24) is 4.31 Å². The van der Waals surface area contributed by atoms with E-state index in [1.165, 1.54) is 4.31 Å². The van der Waals surface area contributed by atoms with Crippen LogP contribution < -0.4 is 5.32 Å². The van der Waals surface area contributed by atoms with Gasteiger partial charge < -0.3 is 10.1 Å². The Morgan fingerprint density at radius 3 is 2.62 bits per heavy atom. The van der Waals surface area contributed by atoms with E-state index < -0.39 is 16.1 Å². The standard InChI is InChI=1S/C17H24N2O4S/c1-13-7-8-14(24(21,22)19-9-3-2-4-10-19)12-15(13)18-17(20)16-6-5-11-23-16/h7-8,12,16H,2-6,9-11H2,1H3,(H,18,20)/t16-/m1/s1. The van der Waals surface area contributed by atoms with E-state index in [2.05, 4.69) is 5.32 Å². The largest absolute Gasteiger partial charge is 0.368 e. The van der Waals surface area contributed by atoms with Crippen LogP contribution in [-0.4, -0.2) is 44.4 Å². The first-order valence-corrected chi connectivity index (χ1v) is 9.96. The monoisotopic (exact) mass is 352 g/mol. The van der Waals surface area contributed by atoms with Crippen molar-refractivity contribution in [2.24, 2.45) is 0 Å². The van der Waals surface area contributed by atoms with E-state index in [1.54, 1.807) is 18.2 Å². The number of nitrogens with one attached hydrogen (secondary N) is 1. The van der Waals surface area contributed by atoms with E-state index in [9.17, 15) is 13.2 Å². The highest BCUT2D eigenvalue weighted by Crippen LogP contribution is 2.26. The molecular weight excluding hydrogens is 328 g/mol. The summed E-state index contributed by atoms with van der Waals surface area (Å²) in [6.45, 7) is 3.57. The maximum Gasteiger partial charge on any atom is 0.253 e. The van der Waals surface area contributed by atoms with Crippen LogP contribution in [0.15, 0.2) is 23.1 Å². The van der Waals surface area contributed by atoms with Gasteiger partial charge in [0.05, 0.1) is 4.90 Å². The quantitative estimate of drug-likeness (QED) is 0.902. The van der Waals surface area contributed by atoms with Crippen LogP contribution in [-0.2, 0) is 19.6 Å². The van der Waals surface area contributed by atoms with Gasteiger partial charge in [0, 0.05) is 25.4 Å². The third-order valence-electron chi connectivity index (χ3n) is 4.64. The molecule has 1 amide bonds. The third kappa shape index (κ3) is 3.63. The zero-order chi connectivity index (χ0) is 17.2. The van der Waals surface area contributed by atoms with Crippen LogP contribution in [0.1, 0.15) is 37.7 Å². The predicted octanol–water partition coefficient (Wildman–Crippen LogP) is 2.29. The molecule has 24 heavy (non-hydrogen) atoms. The van der Waals surface area contributed by atoms with E-state index >= 15 is 0 Å². The van der Waals surface area contributed by atoms with Gasteiger partial charge in [-0.15, -0.1) is 0 Å². The summed E-state index contributed by atoms with van der Waals surface area (Å²) in [5.41, 5.74) is 1.37. The Balaban J connectivity index is 1.81. The molecule has 0 spiro atoms. The summed E-state index contributed by atoms with van der Waals surface area (Å²) in [5.74, 6) is -0.205. The van der Waals surface area contributed by atoms with Gasteiger partial charge in [-0.2, -0.15) is 4.31 Å². The minimum absolute atomic E-state index is 0.205. The van der Waals surface area contributed by atoms with E-state index in [-0.39, 0.29) is 10.8 Å². The molecule has 6 nitrogen and oxygen atoms in total. The molecule has 2 aliphatic heterocycles. The molecule has 0 aliphatic carbocycles. The highest BCUT2D eigenvalue weighted by molar-refractivity contribution is 7.89. The molecule has 0 bridgehead atoms. The minimum atomic E-state index is -3.51. The predicted molar refractivity (Wildman–Crippen MR) is 91.4 cm³/mol. The Kier molecular flexibility index (Phi) is 5.22. The number of piperidine rings is 1. The zero-order valence-corrected chi connectivity index (χ0v) is 14.8. The zero-order valence-electron chi connectivity index (χ0n) is 14.0. The van der Waals surface area contributed by atoms with Crippen LogP contribution in [0, 0.1) is 6.92 Å². The second kappa shape index (κ2) is 7.21. The minimum Gasteiger partial charge on any atom is -0.368 e. The summed E-state index contributed by atoms with van der Waals surface area (Å²) in [6.07, 6.45) is 4.01. The molecule has 1 atom stereocenters. The number of hydrogen-bond acceptors (Lipinski definition) is 4. The van der Waals surface area contributed by atoms with Gasteiger partial charge in [-0.05, 0) is 50.3 Å². The van der Waals surface area contributed by atoms with Crippen LogP contribution in [0.25, 0.3) is 0 Å². The lowest BCUT2D eigenvalue weighted by atomic mass is 10.2. The molecule has 7 heteroatoms. The van der Waals surface area contributed by atoms with Crippen LogP contribution in [0.2, 0.25) is 0 Å². The third-order valence-corrected chi connectivity index (χ3v) is 6.54. The number of benzene rings is 1. The summed E-state index contributed by atoms with van der Waals surface area (Å²) in [7, 11) is -3.51. The number of carbonyl (C=O) groups excluding carboxylic acids is 1. The van der Waals surface area contributed by atoms with Crippen LogP contribution >= 0.6 is 0 Å². The van der Waals surface area contributed by atoms with E-state index in [0.717, 1.165) is 31.2 Å². The Bertz CT molecular complexity index is 705. The fourth-order valence-electron chi connectivity index (χ4n) is 3.15. The molecule has 0 saturated carbocycles. The van der Waals surface area contributed by atoms with Gasteiger partial charge in [-0.25, -0.2) is 8.42 Å². The van der Waals surface area contributed by atoms with E-state index in [1.807, 2.05) is 6.92 Å². The highest BCUT2D eigenvalue weighted by atomic mass is 32.2. The molecule has 2 saturated heterocycles. The number of nitrogens with zero attached hydrogens (tertiary/aromatic N) is 1. The molecule has 132 valence electrons. The Morgan fingerprint density at radius 2 is 1.96 bits per heavy atom. The molecule has 0 radical (unpaired) electrons. The molecule has 3 rings (SSSR count). The molecular formula is C17H24N2O4S. The second-order valence-electron chi connectivity index (χ2n) is 6.43. The van der Waals surface area contributed by atoms with Gasteiger partial charge >= 0.3 is 0 Å². The van der Waals surface area contributed by atoms with Gasteiger partial charge in [0.2, 0.25) is 10.0 Å². The summed E-state index contributed by atoms with van der Waals surface area (Å²) in [4.78, 5) is 12.5. The number of aryl methyl sites for hydroxylation is 1. The summed E-state index contributed by atoms with van der Waals surface area (Å²) in [6, 6.07) is 4.91. The number of hydrogen-bond donors (Lipinski definition) is 1. The average Bonchev–Trinajstić information content (AvgIpc) is 3.12.